The number of nitrogens with one attached hydrogen (secondary N) is 2. The molecular weight excluding hydrogens is 346 g/mol. The molecular formula is C15H15N5O2S2. The van der Waals surface area contributed by atoms with Crippen LogP contribution in [0.1, 0.15) is 19.8 Å². The second-order valence-corrected chi connectivity index (χ2v) is 7.98. The molecule has 3 aromatic rings. The average molecular weight is 361 g/mol. The van der Waals surface area contributed by atoms with E-state index in [4.69, 9.17) is 0 Å². The average Bonchev–Trinajstić information content (AvgIpc) is 3.16. The zero-order valence-corrected chi connectivity index (χ0v) is 14.5. The van der Waals surface area contributed by atoms with Crippen LogP contribution in [0.15, 0.2) is 29.4 Å². The summed E-state index contributed by atoms with van der Waals surface area (Å²) >= 11 is 2.84. The van der Waals surface area contributed by atoms with Crippen LogP contribution in [-0.2, 0) is 4.79 Å². The topological polar surface area (TPSA) is 88.4 Å². The number of para-hydroxylation sites is 1. The van der Waals surface area contributed by atoms with Crippen LogP contribution in [0.25, 0.3) is 15.2 Å². The Morgan fingerprint density at radius 3 is 2.92 bits per heavy atom. The molecule has 0 radical (unpaired) electrons. The Bertz CT molecular complexity index is 930. The minimum absolute atomic E-state index is 0.217. The Labute approximate surface area is 145 Å². The monoisotopic (exact) mass is 361 g/mol. The van der Waals surface area contributed by atoms with E-state index in [0.29, 0.717) is 5.16 Å². The van der Waals surface area contributed by atoms with E-state index >= 15 is 0 Å². The van der Waals surface area contributed by atoms with Crippen molar-refractivity contribution in [3.05, 3.63) is 24.3 Å². The second-order valence-electron chi connectivity index (χ2n) is 5.67. The normalized spacial score (nSPS) is 15.5. The van der Waals surface area contributed by atoms with Crippen molar-refractivity contribution in [3.63, 3.8) is 0 Å². The Kier molecular flexibility index (Phi) is 3.89. The maximum absolute atomic E-state index is 12.2. The molecule has 2 N–H and O–H groups in total. The van der Waals surface area contributed by atoms with Crippen molar-refractivity contribution in [2.75, 3.05) is 0 Å². The van der Waals surface area contributed by atoms with Crippen LogP contribution in [0.2, 0.25) is 0 Å². The number of benzene rings is 1. The minimum atomic E-state index is -0.457. The molecule has 2 heterocycles. The molecule has 0 saturated heterocycles. The van der Waals surface area contributed by atoms with Gasteiger partial charge in [0.05, 0.1) is 15.5 Å². The second kappa shape index (κ2) is 6.06. The third kappa shape index (κ3) is 2.96. The van der Waals surface area contributed by atoms with Gasteiger partial charge < -0.3 is 5.32 Å². The molecule has 9 heteroatoms. The van der Waals surface area contributed by atoms with Crippen molar-refractivity contribution < 1.29 is 9.59 Å². The number of rotatable bonds is 4. The summed E-state index contributed by atoms with van der Waals surface area (Å²) in [5.74, 6) is -0.338. The van der Waals surface area contributed by atoms with Crippen molar-refractivity contribution in [1.29, 1.82) is 0 Å². The van der Waals surface area contributed by atoms with E-state index in [1.54, 1.807) is 18.3 Å². The van der Waals surface area contributed by atoms with E-state index in [1.165, 1.54) is 11.8 Å². The molecule has 0 bridgehead atoms. The molecule has 3 amide bonds. The molecule has 24 heavy (non-hydrogen) atoms. The van der Waals surface area contributed by atoms with E-state index in [0.717, 1.165) is 28.0 Å². The van der Waals surface area contributed by atoms with E-state index in [2.05, 4.69) is 20.8 Å². The molecule has 0 spiro atoms. The summed E-state index contributed by atoms with van der Waals surface area (Å²) in [6, 6.07) is 7.76. The first-order valence-corrected chi connectivity index (χ1v) is 9.32. The predicted octanol–water partition coefficient (Wildman–Crippen LogP) is 2.41. The number of nitrogens with zero attached hydrogens (tertiary/aromatic N) is 3. The van der Waals surface area contributed by atoms with Gasteiger partial charge in [0.1, 0.15) is 0 Å². The maximum atomic E-state index is 12.2. The number of fused-ring (bicyclic) bond motifs is 3. The fourth-order valence-corrected chi connectivity index (χ4v) is 4.19. The van der Waals surface area contributed by atoms with Crippen molar-refractivity contribution in [2.45, 2.75) is 36.2 Å². The number of urea groups is 1. The van der Waals surface area contributed by atoms with Gasteiger partial charge in [0.25, 0.3) is 0 Å². The Balaban J connectivity index is 1.50. The SMILES string of the molecule is C[C@@H](Sc1nnc2sc3ccccc3n12)C(=O)NC(=O)NC1CC1. The van der Waals surface area contributed by atoms with Crippen LogP contribution >= 0.6 is 23.1 Å². The van der Waals surface area contributed by atoms with Gasteiger partial charge in [0.15, 0.2) is 5.16 Å². The van der Waals surface area contributed by atoms with E-state index < -0.39 is 11.3 Å². The first-order chi connectivity index (χ1) is 11.6. The molecule has 124 valence electrons. The van der Waals surface area contributed by atoms with Crippen LogP contribution in [0.3, 0.4) is 0 Å². The molecule has 1 aliphatic carbocycles. The van der Waals surface area contributed by atoms with Gasteiger partial charge in [0, 0.05) is 6.04 Å². The fraction of sp³-hybridized carbons (Fsp3) is 0.333. The molecule has 1 aromatic carbocycles. The van der Waals surface area contributed by atoms with Gasteiger partial charge in [-0.1, -0.05) is 35.2 Å². The molecule has 0 aliphatic heterocycles. The third-order valence-corrected chi connectivity index (χ3v) is 5.77. The van der Waals surface area contributed by atoms with Gasteiger partial charge in [0.2, 0.25) is 10.9 Å². The summed E-state index contributed by atoms with van der Waals surface area (Å²) in [7, 11) is 0. The summed E-state index contributed by atoms with van der Waals surface area (Å²) in [5.41, 5.74) is 1.02. The number of amides is 3. The van der Waals surface area contributed by atoms with Gasteiger partial charge in [-0.05, 0) is 31.9 Å². The van der Waals surface area contributed by atoms with Crippen molar-refractivity contribution in [1.82, 2.24) is 25.2 Å². The summed E-state index contributed by atoms with van der Waals surface area (Å²) in [6.07, 6.45) is 1.96. The molecule has 1 fully saturated rings. The van der Waals surface area contributed by atoms with Gasteiger partial charge >= 0.3 is 6.03 Å². The van der Waals surface area contributed by atoms with Gasteiger partial charge in [-0.2, -0.15) is 0 Å². The third-order valence-electron chi connectivity index (χ3n) is 3.71. The summed E-state index contributed by atoms with van der Waals surface area (Å²) in [6.45, 7) is 1.75. The van der Waals surface area contributed by atoms with Crippen LogP contribution < -0.4 is 10.6 Å². The number of hydrogen-bond acceptors (Lipinski definition) is 6. The van der Waals surface area contributed by atoms with Gasteiger partial charge in [-0.3, -0.25) is 14.5 Å². The minimum Gasteiger partial charge on any atom is -0.335 e. The predicted molar refractivity (Wildman–Crippen MR) is 93.4 cm³/mol. The van der Waals surface area contributed by atoms with Crippen molar-refractivity contribution >= 4 is 50.2 Å². The number of hydrogen-bond donors (Lipinski definition) is 2. The summed E-state index contributed by atoms with van der Waals surface area (Å²) in [4.78, 5) is 24.6. The van der Waals surface area contributed by atoms with E-state index in [-0.39, 0.29) is 11.9 Å². The Hall–Kier alpha value is -2.13. The highest BCUT2D eigenvalue weighted by atomic mass is 32.2. The van der Waals surface area contributed by atoms with Crippen molar-refractivity contribution in [2.24, 2.45) is 0 Å². The summed E-state index contributed by atoms with van der Waals surface area (Å²) in [5, 5.41) is 13.7. The van der Waals surface area contributed by atoms with E-state index in [1.807, 2.05) is 28.7 Å². The molecule has 0 unspecified atom stereocenters. The number of carbonyl (C=O) groups is 2. The lowest BCUT2D eigenvalue weighted by molar-refractivity contribution is -0.119. The number of imide groups is 1. The Morgan fingerprint density at radius 1 is 1.33 bits per heavy atom. The van der Waals surface area contributed by atoms with E-state index in [9.17, 15) is 9.59 Å². The Morgan fingerprint density at radius 2 is 2.12 bits per heavy atom. The molecule has 1 atom stereocenters. The number of thiazole rings is 1. The molecule has 7 nitrogen and oxygen atoms in total. The first-order valence-electron chi connectivity index (χ1n) is 7.62. The molecule has 2 aromatic heterocycles. The number of aromatic nitrogens is 3. The van der Waals surface area contributed by atoms with Gasteiger partial charge in [-0.25, -0.2) is 4.79 Å². The highest BCUT2D eigenvalue weighted by Gasteiger charge is 2.26. The maximum Gasteiger partial charge on any atom is 0.321 e. The standard InChI is InChI=1S/C15H15N5O2S2/c1-8(12(21)17-13(22)16-9-6-7-9)23-14-18-19-15-20(14)10-4-2-3-5-11(10)24-15/h2-5,8-9H,6-7H2,1H3,(H2,16,17,21,22)/t8-/m1/s1. The van der Waals surface area contributed by atoms with Crippen LogP contribution in [0, 0.1) is 0 Å². The molecule has 4 rings (SSSR count). The lowest BCUT2D eigenvalue weighted by Crippen LogP contribution is -2.43. The highest BCUT2D eigenvalue weighted by Crippen LogP contribution is 2.31. The number of thioether (sulfide) groups is 1. The molecule has 1 aliphatic rings. The quantitative estimate of drug-likeness (QED) is 0.697. The fourth-order valence-electron chi connectivity index (χ4n) is 2.31. The lowest BCUT2D eigenvalue weighted by atomic mass is 10.3. The highest BCUT2D eigenvalue weighted by molar-refractivity contribution is 8.00. The number of carbonyl (C=O) groups excluding carboxylic acids is 2. The zero-order chi connectivity index (χ0) is 16.7. The smallest absolute Gasteiger partial charge is 0.321 e. The van der Waals surface area contributed by atoms with Gasteiger partial charge in [-0.15, -0.1) is 10.2 Å². The largest absolute Gasteiger partial charge is 0.335 e. The zero-order valence-electron chi connectivity index (χ0n) is 12.9. The van der Waals surface area contributed by atoms with Crippen LogP contribution in [-0.4, -0.2) is 37.8 Å². The molecule has 1 saturated carbocycles. The van der Waals surface area contributed by atoms with Crippen molar-refractivity contribution in [3.8, 4) is 0 Å². The van der Waals surface area contributed by atoms with Crippen LogP contribution in [0.4, 0.5) is 4.79 Å². The lowest BCUT2D eigenvalue weighted by Gasteiger charge is -2.10. The summed E-state index contributed by atoms with van der Waals surface area (Å²) < 4.78 is 3.06. The first kappa shape index (κ1) is 15.4. The van der Waals surface area contributed by atoms with Crippen LogP contribution in [0.5, 0.6) is 0 Å².